The Morgan fingerprint density at radius 1 is 0.519 bits per heavy atom. The Morgan fingerprint density at radius 2 is 1.06 bits per heavy atom. The van der Waals surface area contributed by atoms with Gasteiger partial charge in [0.15, 0.2) is 17.5 Å². The summed E-state index contributed by atoms with van der Waals surface area (Å²) in [4.78, 5) is 14.8. The third-order valence-corrected chi connectivity index (χ3v) is 10.8. The topological polar surface area (TPSA) is 47.9 Å². The summed E-state index contributed by atoms with van der Waals surface area (Å²) in [6.07, 6.45) is 7.59. The fraction of sp³-hybridized carbons (Fsp3) is 0.104. The van der Waals surface area contributed by atoms with Crippen LogP contribution in [0.4, 0.5) is 0 Å². The van der Waals surface area contributed by atoms with E-state index in [0.29, 0.717) is 17.5 Å². The molecule has 248 valence electrons. The summed E-state index contributed by atoms with van der Waals surface area (Å²) in [5.74, 6) is 2.99. The number of rotatable bonds is 5. The molecule has 3 aliphatic rings. The number of hydrogen-bond acceptors (Lipinski definition) is 4. The average Bonchev–Trinajstić information content (AvgIpc) is 3.70. The number of fused-ring (bicyclic) bond motifs is 7. The van der Waals surface area contributed by atoms with Crippen LogP contribution in [0, 0.1) is 0 Å². The molecule has 6 aromatic carbocycles. The first kappa shape index (κ1) is 30.4. The molecule has 0 fully saturated rings. The standard InChI is InChI=1S/C48H35N3O/c1-48(2)40-25-23-35(29-39(40)43-41(48)26-24-38-37-21-9-10-22-42(37)52-44(38)43)33-18-11-17-32(27-33)34-19-12-20-36(28-34)47-50-45(30-13-5-3-6-14-30)49-46(51-47)31-15-7-4-8-16-31/h3-21,23-29,42H,22H2,1-2H3. The lowest BCUT2D eigenvalue weighted by Gasteiger charge is -2.21. The Bertz CT molecular complexity index is 2540. The third-order valence-electron chi connectivity index (χ3n) is 10.8. The zero-order chi connectivity index (χ0) is 34.8. The van der Waals surface area contributed by atoms with Crippen molar-refractivity contribution in [1.82, 2.24) is 15.0 Å². The Labute approximate surface area is 303 Å². The van der Waals surface area contributed by atoms with Gasteiger partial charge in [-0.15, -0.1) is 0 Å². The molecule has 0 radical (unpaired) electrons. The quantitative estimate of drug-likeness (QED) is 0.183. The van der Waals surface area contributed by atoms with Gasteiger partial charge in [0.25, 0.3) is 0 Å². The first-order valence-electron chi connectivity index (χ1n) is 18.0. The van der Waals surface area contributed by atoms with Crippen molar-refractivity contribution in [3.8, 4) is 73.3 Å². The van der Waals surface area contributed by atoms with Crippen molar-refractivity contribution in [3.05, 3.63) is 174 Å². The largest absolute Gasteiger partial charge is 0.484 e. The SMILES string of the molecule is CC1(C)c2ccc(-c3cccc(-c4cccc(-c5nc(-c6ccccc6)nc(-c6ccccc6)n5)c4)c3)cc2-c2c1ccc1c2OC2CC=CC=C12. The molecule has 0 saturated carbocycles. The second-order valence-corrected chi connectivity index (χ2v) is 14.3. The number of hydrogen-bond donors (Lipinski definition) is 0. The van der Waals surface area contributed by atoms with Gasteiger partial charge in [0, 0.05) is 45.2 Å². The first-order chi connectivity index (χ1) is 25.5. The molecule has 0 bridgehead atoms. The normalized spacial score (nSPS) is 16.0. The summed E-state index contributed by atoms with van der Waals surface area (Å²) in [6, 6.07) is 49.1. The van der Waals surface area contributed by atoms with Crippen molar-refractivity contribution in [3.63, 3.8) is 0 Å². The molecule has 0 spiro atoms. The molecule has 4 heteroatoms. The summed E-state index contributed by atoms with van der Waals surface area (Å²) < 4.78 is 6.71. The molecule has 1 aromatic heterocycles. The molecule has 2 heterocycles. The molecule has 52 heavy (non-hydrogen) atoms. The van der Waals surface area contributed by atoms with Gasteiger partial charge in [0.1, 0.15) is 11.9 Å². The van der Waals surface area contributed by atoms with Gasteiger partial charge in [0.2, 0.25) is 0 Å². The van der Waals surface area contributed by atoms with Crippen LogP contribution < -0.4 is 4.74 Å². The van der Waals surface area contributed by atoms with Crippen LogP contribution in [0.2, 0.25) is 0 Å². The smallest absolute Gasteiger partial charge is 0.164 e. The Hall–Kier alpha value is -6.39. The minimum atomic E-state index is -0.111. The van der Waals surface area contributed by atoms with Crippen LogP contribution >= 0.6 is 0 Å². The van der Waals surface area contributed by atoms with E-state index in [4.69, 9.17) is 19.7 Å². The van der Waals surface area contributed by atoms with E-state index in [1.165, 1.54) is 44.5 Å². The van der Waals surface area contributed by atoms with E-state index in [1.54, 1.807) is 0 Å². The summed E-state index contributed by atoms with van der Waals surface area (Å²) in [7, 11) is 0. The molecule has 4 nitrogen and oxygen atoms in total. The first-order valence-corrected chi connectivity index (χ1v) is 18.0. The molecule has 7 aromatic rings. The monoisotopic (exact) mass is 669 g/mol. The fourth-order valence-electron chi connectivity index (χ4n) is 8.12. The third kappa shape index (κ3) is 4.94. The predicted molar refractivity (Wildman–Crippen MR) is 211 cm³/mol. The van der Waals surface area contributed by atoms with E-state index in [9.17, 15) is 0 Å². The molecule has 0 amide bonds. The van der Waals surface area contributed by atoms with Gasteiger partial charge in [-0.2, -0.15) is 0 Å². The van der Waals surface area contributed by atoms with Gasteiger partial charge >= 0.3 is 0 Å². The fourth-order valence-corrected chi connectivity index (χ4v) is 8.12. The van der Waals surface area contributed by atoms with E-state index in [1.807, 2.05) is 60.7 Å². The van der Waals surface area contributed by atoms with Crippen molar-refractivity contribution in [2.75, 3.05) is 0 Å². The van der Waals surface area contributed by atoms with E-state index in [0.717, 1.165) is 40.0 Å². The van der Waals surface area contributed by atoms with E-state index >= 15 is 0 Å². The van der Waals surface area contributed by atoms with Crippen LogP contribution in [-0.4, -0.2) is 21.1 Å². The van der Waals surface area contributed by atoms with Gasteiger partial charge in [0.05, 0.1) is 0 Å². The highest BCUT2D eigenvalue weighted by molar-refractivity contribution is 5.94. The highest BCUT2D eigenvalue weighted by Gasteiger charge is 2.41. The maximum Gasteiger partial charge on any atom is 0.164 e. The lowest BCUT2D eigenvalue weighted by Crippen LogP contribution is -2.14. The molecule has 1 unspecified atom stereocenters. The summed E-state index contributed by atoms with van der Waals surface area (Å²) in [5.41, 5.74) is 15.1. The Kier molecular flexibility index (Phi) is 6.94. The molecule has 10 rings (SSSR count). The van der Waals surface area contributed by atoms with Crippen LogP contribution in [0.15, 0.2) is 158 Å². The van der Waals surface area contributed by atoms with Crippen molar-refractivity contribution >= 4 is 5.57 Å². The maximum atomic E-state index is 6.71. The van der Waals surface area contributed by atoms with E-state index in [-0.39, 0.29) is 11.5 Å². The average molecular weight is 670 g/mol. The second kappa shape index (κ2) is 11.9. The van der Waals surface area contributed by atoms with Crippen molar-refractivity contribution in [2.24, 2.45) is 0 Å². The molecular formula is C48H35N3O. The number of benzene rings is 6. The van der Waals surface area contributed by atoms with Crippen LogP contribution in [0.1, 0.15) is 37.0 Å². The van der Waals surface area contributed by atoms with Gasteiger partial charge in [-0.25, -0.2) is 15.0 Å². The van der Waals surface area contributed by atoms with Crippen LogP contribution in [0.5, 0.6) is 5.75 Å². The van der Waals surface area contributed by atoms with Crippen LogP contribution in [-0.2, 0) is 5.41 Å². The summed E-state index contributed by atoms with van der Waals surface area (Å²) in [6.45, 7) is 4.66. The Balaban J connectivity index is 1.04. The maximum absolute atomic E-state index is 6.71. The second-order valence-electron chi connectivity index (χ2n) is 14.3. The van der Waals surface area contributed by atoms with Crippen molar-refractivity contribution in [1.29, 1.82) is 0 Å². The Morgan fingerprint density at radius 3 is 1.71 bits per heavy atom. The highest BCUT2D eigenvalue weighted by Crippen LogP contribution is 2.57. The molecule has 0 saturated heterocycles. The van der Waals surface area contributed by atoms with Crippen LogP contribution in [0.25, 0.3) is 73.1 Å². The lowest BCUT2D eigenvalue weighted by molar-refractivity contribution is 0.280. The van der Waals surface area contributed by atoms with Crippen LogP contribution in [0.3, 0.4) is 0 Å². The minimum absolute atomic E-state index is 0.0988. The number of aromatic nitrogens is 3. The summed E-state index contributed by atoms with van der Waals surface area (Å²) in [5, 5.41) is 0. The summed E-state index contributed by atoms with van der Waals surface area (Å²) >= 11 is 0. The molecule has 1 atom stereocenters. The molecule has 2 aliphatic carbocycles. The minimum Gasteiger partial charge on any atom is -0.484 e. The number of allylic oxidation sites excluding steroid dienone is 2. The number of nitrogens with zero attached hydrogens (tertiary/aromatic N) is 3. The number of ether oxygens (including phenoxy) is 1. The zero-order valence-corrected chi connectivity index (χ0v) is 29.0. The van der Waals surface area contributed by atoms with Crippen molar-refractivity contribution < 1.29 is 4.74 Å². The van der Waals surface area contributed by atoms with Gasteiger partial charge < -0.3 is 4.74 Å². The molecule has 1 aliphatic heterocycles. The van der Waals surface area contributed by atoms with Gasteiger partial charge in [-0.3, -0.25) is 0 Å². The van der Waals surface area contributed by atoms with Gasteiger partial charge in [-0.05, 0) is 57.1 Å². The predicted octanol–water partition coefficient (Wildman–Crippen LogP) is 11.6. The lowest BCUT2D eigenvalue weighted by atomic mass is 9.81. The molecular weight excluding hydrogens is 635 g/mol. The van der Waals surface area contributed by atoms with Crippen molar-refractivity contribution in [2.45, 2.75) is 31.8 Å². The highest BCUT2D eigenvalue weighted by atomic mass is 16.5. The zero-order valence-electron chi connectivity index (χ0n) is 29.0. The van der Waals surface area contributed by atoms with E-state index in [2.05, 4.69) is 111 Å². The molecule has 0 N–H and O–H groups in total. The van der Waals surface area contributed by atoms with E-state index < -0.39 is 0 Å². The van der Waals surface area contributed by atoms with Gasteiger partial charge in [-0.1, -0.05) is 153 Å².